The lowest BCUT2D eigenvalue weighted by atomic mass is 9.90. The van der Waals surface area contributed by atoms with E-state index in [1.165, 1.54) is 25.9 Å². The molecule has 2 unspecified atom stereocenters. The zero-order valence-corrected chi connectivity index (χ0v) is 9.70. The Morgan fingerprint density at radius 1 is 1.36 bits per heavy atom. The van der Waals surface area contributed by atoms with Gasteiger partial charge >= 0.3 is 0 Å². The highest BCUT2D eigenvalue weighted by molar-refractivity contribution is 4.79. The van der Waals surface area contributed by atoms with Crippen LogP contribution >= 0.6 is 0 Å². The highest BCUT2D eigenvalue weighted by atomic mass is 16.5. The predicted molar refractivity (Wildman–Crippen MR) is 59.3 cm³/mol. The van der Waals surface area contributed by atoms with Gasteiger partial charge in [-0.15, -0.1) is 0 Å². The molecule has 0 aromatic heterocycles. The standard InChI is InChI=1S/C11H24N2O/c1-9(8-14-3)13-6-4-11(5-7-13)10(2)12/h9-11H,4-8,12H2,1-3H3. The van der Waals surface area contributed by atoms with Crippen LogP contribution in [0.4, 0.5) is 0 Å². The first kappa shape index (κ1) is 12.0. The quantitative estimate of drug-likeness (QED) is 0.738. The second-order valence-electron chi connectivity index (χ2n) is 4.54. The van der Waals surface area contributed by atoms with Gasteiger partial charge in [0, 0.05) is 19.2 Å². The van der Waals surface area contributed by atoms with Crippen molar-refractivity contribution in [1.29, 1.82) is 0 Å². The molecule has 2 N–H and O–H groups in total. The predicted octanol–water partition coefficient (Wildman–Crippen LogP) is 1.08. The average molecular weight is 200 g/mol. The molecule has 1 saturated heterocycles. The van der Waals surface area contributed by atoms with Crippen molar-refractivity contribution in [3.8, 4) is 0 Å². The molecule has 2 atom stereocenters. The Bertz CT molecular complexity index is 153. The van der Waals surface area contributed by atoms with Crippen LogP contribution in [0.25, 0.3) is 0 Å². The summed E-state index contributed by atoms with van der Waals surface area (Å²) < 4.78 is 5.16. The van der Waals surface area contributed by atoms with Gasteiger partial charge in [0.1, 0.15) is 0 Å². The van der Waals surface area contributed by atoms with Crippen molar-refractivity contribution in [2.45, 2.75) is 38.8 Å². The maximum Gasteiger partial charge on any atom is 0.0615 e. The van der Waals surface area contributed by atoms with E-state index in [0.29, 0.717) is 12.1 Å². The summed E-state index contributed by atoms with van der Waals surface area (Å²) in [6.07, 6.45) is 2.48. The second-order valence-corrected chi connectivity index (χ2v) is 4.54. The van der Waals surface area contributed by atoms with Crippen molar-refractivity contribution < 1.29 is 4.74 Å². The molecule has 1 heterocycles. The SMILES string of the molecule is COCC(C)N1CCC(C(C)N)CC1. The number of hydrogen-bond acceptors (Lipinski definition) is 3. The number of hydrogen-bond donors (Lipinski definition) is 1. The number of piperidine rings is 1. The molecular formula is C11H24N2O. The van der Waals surface area contributed by atoms with E-state index in [0.717, 1.165) is 12.5 Å². The number of likely N-dealkylation sites (tertiary alicyclic amines) is 1. The maximum absolute atomic E-state index is 5.90. The van der Waals surface area contributed by atoms with E-state index >= 15 is 0 Å². The van der Waals surface area contributed by atoms with Crippen LogP contribution in [0.5, 0.6) is 0 Å². The van der Waals surface area contributed by atoms with Gasteiger partial charge in [0.15, 0.2) is 0 Å². The Morgan fingerprint density at radius 2 is 1.93 bits per heavy atom. The zero-order chi connectivity index (χ0) is 10.6. The Hall–Kier alpha value is -0.120. The largest absolute Gasteiger partial charge is 0.383 e. The Morgan fingerprint density at radius 3 is 2.36 bits per heavy atom. The van der Waals surface area contributed by atoms with Gasteiger partial charge in [0.25, 0.3) is 0 Å². The molecule has 3 heteroatoms. The van der Waals surface area contributed by atoms with Gasteiger partial charge < -0.3 is 10.5 Å². The molecule has 0 bridgehead atoms. The number of rotatable bonds is 4. The lowest BCUT2D eigenvalue weighted by molar-refractivity contribution is 0.0705. The third kappa shape index (κ3) is 3.23. The van der Waals surface area contributed by atoms with E-state index in [4.69, 9.17) is 10.5 Å². The van der Waals surface area contributed by atoms with Crippen molar-refractivity contribution >= 4 is 0 Å². The Labute approximate surface area is 87.6 Å². The van der Waals surface area contributed by atoms with E-state index < -0.39 is 0 Å². The summed E-state index contributed by atoms with van der Waals surface area (Å²) in [4.78, 5) is 2.50. The van der Waals surface area contributed by atoms with Crippen LogP contribution in [0.2, 0.25) is 0 Å². The molecule has 0 saturated carbocycles. The molecule has 1 fully saturated rings. The van der Waals surface area contributed by atoms with Crippen molar-refractivity contribution in [2.75, 3.05) is 26.8 Å². The molecule has 0 radical (unpaired) electrons. The monoisotopic (exact) mass is 200 g/mol. The molecule has 0 aromatic carbocycles. The van der Waals surface area contributed by atoms with Gasteiger partial charge in [-0.1, -0.05) is 0 Å². The van der Waals surface area contributed by atoms with Gasteiger partial charge in [0.2, 0.25) is 0 Å². The van der Waals surface area contributed by atoms with Crippen molar-refractivity contribution in [3.05, 3.63) is 0 Å². The van der Waals surface area contributed by atoms with Gasteiger partial charge in [-0.25, -0.2) is 0 Å². The van der Waals surface area contributed by atoms with E-state index in [-0.39, 0.29) is 0 Å². The van der Waals surface area contributed by atoms with Crippen molar-refractivity contribution in [1.82, 2.24) is 4.90 Å². The van der Waals surface area contributed by atoms with Gasteiger partial charge in [-0.3, -0.25) is 4.90 Å². The fourth-order valence-electron chi connectivity index (χ4n) is 2.23. The lowest BCUT2D eigenvalue weighted by Gasteiger charge is -2.37. The van der Waals surface area contributed by atoms with Crippen molar-refractivity contribution in [3.63, 3.8) is 0 Å². The highest BCUT2D eigenvalue weighted by Gasteiger charge is 2.24. The minimum absolute atomic E-state index is 0.356. The Kier molecular flexibility index (Phi) is 4.85. The molecule has 0 amide bonds. The van der Waals surface area contributed by atoms with E-state index in [9.17, 15) is 0 Å². The van der Waals surface area contributed by atoms with Crippen LogP contribution in [-0.2, 0) is 4.74 Å². The first-order valence-electron chi connectivity index (χ1n) is 5.63. The smallest absolute Gasteiger partial charge is 0.0615 e. The summed E-state index contributed by atoms with van der Waals surface area (Å²) in [5.41, 5.74) is 5.90. The topological polar surface area (TPSA) is 38.5 Å². The fourth-order valence-corrected chi connectivity index (χ4v) is 2.23. The van der Waals surface area contributed by atoms with E-state index in [1.807, 2.05) is 0 Å². The van der Waals surface area contributed by atoms with Gasteiger partial charge in [-0.2, -0.15) is 0 Å². The molecule has 0 aromatic rings. The van der Waals surface area contributed by atoms with Crippen LogP contribution in [0.15, 0.2) is 0 Å². The molecule has 0 aliphatic carbocycles. The van der Waals surface area contributed by atoms with Crippen molar-refractivity contribution in [2.24, 2.45) is 11.7 Å². The number of ether oxygens (including phenoxy) is 1. The summed E-state index contributed by atoms with van der Waals surface area (Å²) in [5, 5.41) is 0. The number of nitrogens with zero attached hydrogens (tertiary/aromatic N) is 1. The molecule has 1 aliphatic heterocycles. The minimum Gasteiger partial charge on any atom is -0.383 e. The van der Waals surface area contributed by atoms with Crippen LogP contribution < -0.4 is 5.73 Å². The molecule has 1 aliphatic rings. The van der Waals surface area contributed by atoms with E-state index in [1.54, 1.807) is 7.11 Å². The third-order valence-corrected chi connectivity index (χ3v) is 3.35. The maximum atomic E-state index is 5.90. The van der Waals surface area contributed by atoms with Crippen LogP contribution in [0.3, 0.4) is 0 Å². The summed E-state index contributed by atoms with van der Waals surface area (Å²) in [6.45, 7) is 7.55. The first-order chi connectivity index (χ1) is 6.65. The van der Waals surface area contributed by atoms with E-state index in [2.05, 4.69) is 18.7 Å². The normalized spacial score (nSPS) is 24.9. The number of methoxy groups -OCH3 is 1. The molecular weight excluding hydrogens is 176 g/mol. The second kappa shape index (κ2) is 5.69. The van der Waals surface area contributed by atoms with Gasteiger partial charge in [0.05, 0.1) is 6.61 Å². The van der Waals surface area contributed by atoms with Crippen LogP contribution in [0, 0.1) is 5.92 Å². The summed E-state index contributed by atoms with van der Waals surface area (Å²) >= 11 is 0. The summed E-state index contributed by atoms with van der Waals surface area (Å²) in [5.74, 6) is 0.723. The van der Waals surface area contributed by atoms with Gasteiger partial charge in [-0.05, 0) is 45.7 Å². The molecule has 84 valence electrons. The molecule has 3 nitrogen and oxygen atoms in total. The molecule has 14 heavy (non-hydrogen) atoms. The first-order valence-corrected chi connectivity index (χ1v) is 5.63. The molecule has 0 spiro atoms. The Balaban J connectivity index is 2.28. The number of nitrogens with two attached hydrogens (primary N) is 1. The summed E-state index contributed by atoms with van der Waals surface area (Å²) in [6, 6.07) is 0.906. The van der Waals surface area contributed by atoms with Crippen LogP contribution in [-0.4, -0.2) is 43.8 Å². The molecule has 1 rings (SSSR count). The summed E-state index contributed by atoms with van der Waals surface area (Å²) in [7, 11) is 1.77. The average Bonchev–Trinajstić information content (AvgIpc) is 2.18. The van der Waals surface area contributed by atoms with Crippen LogP contribution in [0.1, 0.15) is 26.7 Å². The fraction of sp³-hybridized carbons (Fsp3) is 1.00. The third-order valence-electron chi connectivity index (χ3n) is 3.35. The zero-order valence-electron chi connectivity index (χ0n) is 9.70. The lowest BCUT2D eigenvalue weighted by Crippen LogP contribution is -2.45. The minimum atomic E-state index is 0.356. The highest BCUT2D eigenvalue weighted by Crippen LogP contribution is 2.20.